The fraction of sp³-hybridized carbons (Fsp3) is 0.941. The Kier molecular flexibility index (Phi) is 11.6. The molecule has 0 unspecified atom stereocenters. The second-order valence-electron chi connectivity index (χ2n) is 6.16. The molecule has 0 aromatic carbocycles. The Labute approximate surface area is 154 Å². The van der Waals surface area contributed by atoms with Crippen LogP contribution in [0, 0.1) is 0 Å². The van der Waals surface area contributed by atoms with E-state index in [-0.39, 0.29) is 12.7 Å². The van der Waals surface area contributed by atoms with Crippen molar-refractivity contribution in [1.82, 2.24) is 10.2 Å². The molecule has 0 spiro atoms. The van der Waals surface area contributed by atoms with Crippen LogP contribution >= 0.6 is 0 Å². The van der Waals surface area contributed by atoms with Gasteiger partial charge in [-0.05, 0) is 32.6 Å². The van der Waals surface area contributed by atoms with Gasteiger partial charge in [0.25, 0.3) is 0 Å². The molecule has 1 aliphatic rings. The number of likely N-dealkylation sites (tertiary alicyclic amines) is 1. The van der Waals surface area contributed by atoms with Crippen LogP contribution < -0.4 is 5.32 Å². The van der Waals surface area contributed by atoms with Crippen LogP contribution in [-0.4, -0.2) is 82.9 Å². The van der Waals surface area contributed by atoms with Gasteiger partial charge < -0.3 is 24.4 Å². The van der Waals surface area contributed by atoms with E-state index >= 15 is 0 Å². The van der Waals surface area contributed by atoms with E-state index < -0.39 is 12.8 Å². The van der Waals surface area contributed by atoms with E-state index in [0.717, 1.165) is 44.9 Å². The summed E-state index contributed by atoms with van der Waals surface area (Å²) in [5.74, 6) is 0.807. The van der Waals surface area contributed by atoms with Crippen molar-refractivity contribution in [3.8, 4) is 0 Å². The molecule has 0 aromatic rings. The molecule has 26 heavy (non-hydrogen) atoms. The molecule has 0 aromatic heterocycles. The SMILES string of the molecule is CCNC(=NCCCOCC(F)(F)F)N1CCC(OCCCOC)CC1. The van der Waals surface area contributed by atoms with E-state index in [2.05, 4.69) is 19.9 Å². The number of rotatable bonds is 11. The van der Waals surface area contributed by atoms with E-state index in [1.807, 2.05) is 6.92 Å². The molecule has 0 aliphatic carbocycles. The zero-order valence-electron chi connectivity index (χ0n) is 15.8. The molecule has 154 valence electrons. The molecule has 0 saturated carbocycles. The first kappa shape index (κ1) is 23.0. The van der Waals surface area contributed by atoms with Gasteiger partial charge in [0.05, 0.1) is 6.10 Å². The van der Waals surface area contributed by atoms with Crippen LogP contribution in [0.2, 0.25) is 0 Å². The van der Waals surface area contributed by atoms with Gasteiger partial charge in [-0.1, -0.05) is 0 Å². The first-order valence-electron chi connectivity index (χ1n) is 9.24. The van der Waals surface area contributed by atoms with E-state index in [1.165, 1.54) is 0 Å². The van der Waals surface area contributed by atoms with E-state index in [4.69, 9.17) is 9.47 Å². The van der Waals surface area contributed by atoms with Gasteiger partial charge in [-0.3, -0.25) is 4.99 Å². The molecule has 1 fully saturated rings. The lowest BCUT2D eigenvalue weighted by atomic mass is 10.1. The number of hydrogen-bond acceptors (Lipinski definition) is 4. The minimum absolute atomic E-state index is 0.0554. The molecular weight excluding hydrogens is 351 g/mol. The van der Waals surface area contributed by atoms with Crippen LogP contribution in [0.25, 0.3) is 0 Å². The average molecular weight is 383 g/mol. The van der Waals surface area contributed by atoms with Crippen molar-refractivity contribution in [2.24, 2.45) is 4.99 Å². The number of hydrogen-bond donors (Lipinski definition) is 1. The fourth-order valence-corrected chi connectivity index (χ4v) is 2.65. The molecular formula is C17H32F3N3O3. The van der Waals surface area contributed by atoms with Crippen molar-refractivity contribution in [3.05, 3.63) is 0 Å². The number of aliphatic imine (C=N–C) groups is 1. The average Bonchev–Trinajstić information content (AvgIpc) is 2.60. The lowest BCUT2D eigenvalue weighted by Crippen LogP contribution is -2.47. The van der Waals surface area contributed by atoms with E-state index in [1.54, 1.807) is 7.11 Å². The van der Waals surface area contributed by atoms with Gasteiger partial charge in [-0.15, -0.1) is 0 Å². The Hall–Kier alpha value is -1.06. The number of nitrogens with one attached hydrogen (secondary N) is 1. The molecule has 0 radical (unpaired) electrons. The minimum Gasteiger partial charge on any atom is -0.385 e. The normalized spacial score (nSPS) is 17.0. The first-order valence-corrected chi connectivity index (χ1v) is 9.24. The predicted molar refractivity (Wildman–Crippen MR) is 94.5 cm³/mol. The Balaban J connectivity index is 2.27. The monoisotopic (exact) mass is 383 g/mol. The molecule has 1 N–H and O–H groups in total. The molecule has 1 saturated heterocycles. The molecule has 1 aliphatic heterocycles. The quantitative estimate of drug-likeness (QED) is 0.337. The maximum absolute atomic E-state index is 12.0. The summed E-state index contributed by atoms with van der Waals surface area (Å²) in [6.07, 6.45) is -0.769. The van der Waals surface area contributed by atoms with Crippen molar-refractivity contribution in [2.75, 3.05) is 59.7 Å². The van der Waals surface area contributed by atoms with Crippen molar-refractivity contribution in [3.63, 3.8) is 0 Å². The highest BCUT2D eigenvalue weighted by Gasteiger charge is 2.27. The number of guanidine groups is 1. The van der Waals surface area contributed by atoms with Crippen molar-refractivity contribution in [1.29, 1.82) is 0 Å². The third-order valence-electron chi connectivity index (χ3n) is 3.90. The molecule has 0 amide bonds. The second-order valence-corrected chi connectivity index (χ2v) is 6.16. The summed E-state index contributed by atoms with van der Waals surface area (Å²) in [6, 6.07) is 0. The van der Waals surface area contributed by atoms with Crippen molar-refractivity contribution < 1.29 is 27.4 Å². The number of ether oxygens (including phenoxy) is 3. The lowest BCUT2D eigenvalue weighted by Gasteiger charge is -2.34. The highest BCUT2D eigenvalue weighted by Crippen LogP contribution is 2.15. The predicted octanol–water partition coefficient (Wildman–Crippen LogP) is 2.44. The summed E-state index contributed by atoms with van der Waals surface area (Å²) in [6.45, 7) is 5.16. The third-order valence-corrected chi connectivity index (χ3v) is 3.90. The Morgan fingerprint density at radius 2 is 1.88 bits per heavy atom. The summed E-state index contributed by atoms with van der Waals surface area (Å²) < 4.78 is 51.5. The number of halogens is 3. The smallest absolute Gasteiger partial charge is 0.385 e. The van der Waals surface area contributed by atoms with Gasteiger partial charge in [0, 0.05) is 53.1 Å². The van der Waals surface area contributed by atoms with Gasteiger partial charge >= 0.3 is 6.18 Å². The fourth-order valence-electron chi connectivity index (χ4n) is 2.65. The summed E-state index contributed by atoms with van der Waals surface area (Å²) in [7, 11) is 1.68. The molecule has 0 bridgehead atoms. The van der Waals surface area contributed by atoms with Crippen LogP contribution in [0.5, 0.6) is 0 Å². The number of alkyl halides is 3. The Bertz CT molecular complexity index is 387. The van der Waals surface area contributed by atoms with E-state index in [9.17, 15) is 13.2 Å². The second kappa shape index (κ2) is 13.2. The topological polar surface area (TPSA) is 55.3 Å². The number of piperidine rings is 1. The molecule has 1 rings (SSSR count). The summed E-state index contributed by atoms with van der Waals surface area (Å²) in [5.41, 5.74) is 0. The van der Waals surface area contributed by atoms with Gasteiger partial charge in [0.1, 0.15) is 6.61 Å². The van der Waals surface area contributed by atoms with Crippen molar-refractivity contribution in [2.45, 2.75) is 44.9 Å². The summed E-state index contributed by atoms with van der Waals surface area (Å²) in [5, 5.41) is 3.24. The standard InChI is InChI=1S/C17H32F3N3O3/c1-3-21-16(22-8-4-12-25-14-17(18,19)20)23-9-6-15(7-10-23)26-13-5-11-24-2/h15H,3-14H2,1-2H3,(H,21,22). The zero-order valence-corrected chi connectivity index (χ0v) is 15.8. The third kappa shape index (κ3) is 10.8. The van der Waals surface area contributed by atoms with Crippen LogP contribution in [-0.2, 0) is 14.2 Å². The lowest BCUT2D eigenvalue weighted by molar-refractivity contribution is -0.173. The summed E-state index contributed by atoms with van der Waals surface area (Å²) >= 11 is 0. The first-order chi connectivity index (χ1) is 12.5. The van der Waals surface area contributed by atoms with E-state index in [0.29, 0.717) is 26.2 Å². The Morgan fingerprint density at radius 3 is 2.50 bits per heavy atom. The van der Waals surface area contributed by atoms with Crippen LogP contribution in [0.4, 0.5) is 13.2 Å². The molecule has 6 nitrogen and oxygen atoms in total. The summed E-state index contributed by atoms with van der Waals surface area (Å²) in [4.78, 5) is 6.67. The molecule has 1 heterocycles. The molecule has 9 heteroatoms. The van der Waals surface area contributed by atoms with Crippen LogP contribution in [0.15, 0.2) is 4.99 Å². The number of nitrogens with zero attached hydrogens (tertiary/aromatic N) is 2. The maximum atomic E-state index is 12.0. The van der Waals surface area contributed by atoms with Gasteiger partial charge in [0.15, 0.2) is 5.96 Å². The van der Waals surface area contributed by atoms with Crippen molar-refractivity contribution >= 4 is 5.96 Å². The van der Waals surface area contributed by atoms with Gasteiger partial charge in [-0.2, -0.15) is 13.2 Å². The largest absolute Gasteiger partial charge is 0.411 e. The van der Waals surface area contributed by atoms with Crippen LogP contribution in [0.3, 0.4) is 0 Å². The highest BCUT2D eigenvalue weighted by atomic mass is 19.4. The maximum Gasteiger partial charge on any atom is 0.411 e. The number of methoxy groups -OCH3 is 1. The Morgan fingerprint density at radius 1 is 1.15 bits per heavy atom. The van der Waals surface area contributed by atoms with Gasteiger partial charge in [-0.25, -0.2) is 0 Å². The molecule has 0 atom stereocenters. The zero-order chi connectivity index (χ0) is 19.3. The highest BCUT2D eigenvalue weighted by molar-refractivity contribution is 5.80. The van der Waals surface area contributed by atoms with Crippen LogP contribution in [0.1, 0.15) is 32.6 Å². The minimum atomic E-state index is -4.27. The van der Waals surface area contributed by atoms with Gasteiger partial charge in [0.2, 0.25) is 0 Å².